The average molecular weight is 244 g/mol. The fourth-order valence-corrected chi connectivity index (χ4v) is 1.60. The van der Waals surface area contributed by atoms with Crippen LogP contribution in [0.1, 0.15) is 32.6 Å². The van der Waals surface area contributed by atoms with Crippen LogP contribution in [-0.2, 0) is 4.74 Å². The van der Waals surface area contributed by atoms with E-state index in [2.05, 4.69) is 22.9 Å². The molecule has 0 aliphatic heterocycles. The zero-order chi connectivity index (χ0) is 8.53. The molecular formula is C8H16BrClO. The zero-order valence-electron chi connectivity index (χ0n) is 6.98. The summed E-state index contributed by atoms with van der Waals surface area (Å²) in [5.74, 6) is 0. The van der Waals surface area contributed by atoms with Gasteiger partial charge in [0, 0.05) is 5.33 Å². The minimum atomic E-state index is 0.305. The molecule has 11 heavy (non-hydrogen) atoms. The van der Waals surface area contributed by atoms with Gasteiger partial charge in [-0.05, 0) is 6.42 Å². The number of ether oxygens (including phenoxy) is 1. The highest BCUT2D eigenvalue weighted by Gasteiger charge is 2.04. The van der Waals surface area contributed by atoms with Gasteiger partial charge in [0.2, 0.25) is 0 Å². The largest absolute Gasteiger partial charge is 0.362 e. The van der Waals surface area contributed by atoms with Gasteiger partial charge in [0.05, 0.1) is 6.10 Å². The lowest BCUT2D eigenvalue weighted by molar-refractivity contribution is 0.0974. The predicted molar refractivity (Wildman–Crippen MR) is 53.5 cm³/mol. The Labute approximate surface area is 82.6 Å². The number of halogens is 2. The normalized spacial score (nSPS) is 13.4. The smallest absolute Gasteiger partial charge is 0.121 e. The van der Waals surface area contributed by atoms with E-state index in [9.17, 15) is 0 Å². The summed E-state index contributed by atoms with van der Waals surface area (Å²) in [4.78, 5) is 0. The van der Waals surface area contributed by atoms with E-state index in [0.717, 1.165) is 11.8 Å². The molecule has 1 unspecified atom stereocenters. The second-order valence-corrected chi connectivity index (χ2v) is 3.41. The molecule has 0 saturated heterocycles. The van der Waals surface area contributed by atoms with Gasteiger partial charge in [0.25, 0.3) is 0 Å². The first kappa shape index (κ1) is 11.7. The van der Waals surface area contributed by atoms with E-state index in [4.69, 9.17) is 16.3 Å². The summed E-state index contributed by atoms with van der Waals surface area (Å²) in [6, 6.07) is 0.308. The monoisotopic (exact) mass is 242 g/mol. The highest BCUT2D eigenvalue weighted by atomic mass is 79.9. The summed E-state index contributed by atoms with van der Waals surface area (Å²) < 4.78 is 5.26. The molecule has 0 aromatic carbocycles. The van der Waals surface area contributed by atoms with E-state index in [1.165, 1.54) is 19.3 Å². The van der Waals surface area contributed by atoms with Crippen LogP contribution in [-0.4, -0.2) is 17.5 Å². The molecule has 3 heteroatoms. The molecule has 1 nitrogen and oxygen atoms in total. The fourth-order valence-electron chi connectivity index (χ4n) is 0.916. The molecule has 68 valence electrons. The third kappa shape index (κ3) is 7.10. The van der Waals surface area contributed by atoms with Crippen LogP contribution in [0.15, 0.2) is 0 Å². The standard InChI is InChI=1S/C8H16BrClO/c1-2-3-4-5-8(6-9)11-7-10/h8H,2-7H2,1H3. The molecule has 0 radical (unpaired) electrons. The van der Waals surface area contributed by atoms with Crippen molar-refractivity contribution in [2.75, 3.05) is 11.4 Å². The molecule has 0 saturated carbocycles. The topological polar surface area (TPSA) is 9.23 Å². The third-order valence-corrected chi connectivity index (χ3v) is 2.45. The SMILES string of the molecule is CCCCCC(CBr)OCCl. The van der Waals surface area contributed by atoms with Crippen LogP contribution in [0.4, 0.5) is 0 Å². The van der Waals surface area contributed by atoms with Crippen LogP contribution in [0.3, 0.4) is 0 Å². The Hall–Kier alpha value is 0.730. The van der Waals surface area contributed by atoms with E-state index in [0.29, 0.717) is 12.2 Å². The molecule has 0 aliphatic rings. The van der Waals surface area contributed by atoms with E-state index in [-0.39, 0.29) is 0 Å². The number of hydrogen-bond acceptors (Lipinski definition) is 1. The Morgan fingerprint density at radius 3 is 2.64 bits per heavy atom. The van der Waals surface area contributed by atoms with Gasteiger partial charge in [0.1, 0.15) is 6.07 Å². The van der Waals surface area contributed by atoms with Crippen molar-refractivity contribution in [3.8, 4) is 0 Å². The van der Waals surface area contributed by atoms with Crippen molar-refractivity contribution in [3.05, 3.63) is 0 Å². The van der Waals surface area contributed by atoms with Crippen molar-refractivity contribution in [2.24, 2.45) is 0 Å². The molecule has 0 amide bonds. The first-order valence-electron chi connectivity index (χ1n) is 4.08. The lowest BCUT2D eigenvalue weighted by Gasteiger charge is -2.12. The van der Waals surface area contributed by atoms with Crippen molar-refractivity contribution in [1.82, 2.24) is 0 Å². The second kappa shape index (κ2) is 8.82. The van der Waals surface area contributed by atoms with Crippen molar-refractivity contribution < 1.29 is 4.74 Å². The summed E-state index contributed by atoms with van der Waals surface area (Å²) in [5, 5.41) is 0.892. The van der Waals surface area contributed by atoms with Crippen molar-refractivity contribution >= 4 is 27.5 Å². The highest BCUT2D eigenvalue weighted by Crippen LogP contribution is 2.09. The van der Waals surface area contributed by atoms with E-state index < -0.39 is 0 Å². The molecule has 0 aromatic rings. The van der Waals surface area contributed by atoms with Gasteiger partial charge in [-0.2, -0.15) is 0 Å². The van der Waals surface area contributed by atoms with Gasteiger partial charge in [0.15, 0.2) is 0 Å². The van der Waals surface area contributed by atoms with Crippen molar-refractivity contribution in [2.45, 2.75) is 38.7 Å². The zero-order valence-corrected chi connectivity index (χ0v) is 9.33. The lowest BCUT2D eigenvalue weighted by Crippen LogP contribution is -2.13. The Bertz CT molecular complexity index is 80.5. The van der Waals surface area contributed by atoms with Gasteiger partial charge in [-0.25, -0.2) is 0 Å². The molecular weight excluding hydrogens is 227 g/mol. The maximum absolute atomic E-state index is 5.44. The van der Waals surface area contributed by atoms with Crippen LogP contribution in [0.5, 0.6) is 0 Å². The Kier molecular flexibility index (Phi) is 9.41. The minimum absolute atomic E-state index is 0.305. The Morgan fingerprint density at radius 1 is 1.45 bits per heavy atom. The van der Waals surface area contributed by atoms with Gasteiger partial charge in [-0.3, -0.25) is 0 Å². The van der Waals surface area contributed by atoms with E-state index >= 15 is 0 Å². The summed E-state index contributed by atoms with van der Waals surface area (Å²) >= 11 is 8.83. The van der Waals surface area contributed by atoms with Crippen LogP contribution in [0, 0.1) is 0 Å². The van der Waals surface area contributed by atoms with Crippen LogP contribution >= 0.6 is 27.5 Å². The predicted octanol–water partition coefficient (Wildman–Crippen LogP) is 3.54. The molecule has 0 bridgehead atoms. The minimum Gasteiger partial charge on any atom is -0.362 e. The second-order valence-electron chi connectivity index (χ2n) is 2.55. The molecule has 0 aliphatic carbocycles. The molecule has 0 spiro atoms. The quantitative estimate of drug-likeness (QED) is 0.491. The molecule has 0 fully saturated rings. The summed E-state index contributed by atoms with van der Waals surface area (Å²) in [6.07, 6.45) is 5.21. The lowest BCUT2D eigenvalue weighted by atomic mass is 10.1. The summed E-state index contributed by atoms with van der Waals surface area (Å²) in [7, 11) is 0. The van der Waals surface area contributed by atoms with Gasteiger partial charge >= 0.3 is 0 Å². The number of rotatable bonds is 7. The molecule has 0 N–H and O–H groups in total. The Balaban J connectivity index is 3.20. The summed E-state index contributed by atoms with van der Waals surface area (Å²) in [6.45, 7) is 2.20. The number of unbranched alkanes of at least 4 members (excludes halogenated alkanes) is 2. The first-order chi connectivity index (χ1) is 5.35. The average Bonchev–Trinajstić information content (AvgIpc) is 2.03. The molecule has 0 heterocycles. The number of hydrogen-bond donors (Lipinski definition) is 0. The Morgan fingerprint density at radius 2 is 2.18 bits per heavy atom. The molecule has 0 aromatic heterocycles. The maximum Gasteiger partial charge on any atom is 0.121 e. The van der Waals surface area contributed by atoms with Crippen LogP contribution < -0.4 is 0 Å². The highest BCUT2D eigenvalue weighted by molar-refractivity contribution is 9.09. The summed E-state index contributed by atoms with van der Waals surface area (Å²) in [5.41, 5.74) is 0. The molecule has 0 rings (SSSR count). The molecule has 1 atom stereocenters. The van der Waals surface area contributed by atoms with Crippen molar-refractivity contribution in [1.29, 1.82) is 0 Å². The third-order valence-electron chi connectivity index (χ3n) is 1.60. The van der Waals surface area contributed by atoms with Crippen molar-refractivity contribution in [3.63, 3.8) is 0 Å². The fraction of sp³-hybridized carbons (Fsp3) is 1.00. The van der Waals surface area contributed by atoms with Gasteiger partial charge < -0.3 is 4.74 Å². The van der Waals surface area contributed by atoms with E-state index in [1.807, 2.05) is 0 Å². The van der Waals surface area contributed by atoms with Crippen LogP contribution in [0.2, 0.25) is 0 Å². The van der Waals surface area contributed by atoms with Crippen LogP contribution in [0.25, 0.3) is 0 Å². The maximum atomic E-state index is 5.44. The number of alkyl halides is 2. The van der Waals surface area contributed by atoms with Gasteiger partial charge in [-0.1, -0.05) is 53.7 Å². The van der Waals surface area contributed by atoms with E-state index in [1.54, 1.807) is 0 Å². The first-order valence-corrected chi connectivity index (χ1v) is 5.74. The van der Waals surface area contributed by atoms with Gasteiger partial charge in [-0.15, -0.1) is 0 Å².